The van der Waals surface area contributed by atoms with E-state index in [0.29, 0.717) is 17.8 Å². The van der Waals surface area contributed by atoms with Gasteiger partial charge in [-0.1, -0.05) is 12.1 Å². The van der Waals surface area contributed by atoms with Gasteiger partial charge in [-0.25, -0.2) is 5.43 Å². The minimum Gasteiger partial charge on any atom is -0.497 e. The number of hydrazone groups is 1. The van der Waals surface area contributed by atoms with Crippen molar-refractivity contribution in [2.75, 3.05) is 13.7 Å². The highest BCUT2D eigenvalue weighted by molar-refractivity contribution is 6.01. The number of pyridine rings is 1. The van der Waals surface area contributed by atoms with Gasteiger partial charge >= 0.3 is 0 Å². The van der Waals surface area contributed by atoms with Crippen molar-refractivity contribution in [3.63, 3.8) is 0 Å². The lowest BCUT2D eigenvalue weighted by atomic mass is 10.1. The van der Waals surface area contributed by atoms with Gasteiger partial charge < -0.3 is 10.1 Å². The molecule has 0 bridgehead atoms. The Labute approximate surface area is 152 Å². The highest BCUT2D eigenvalue weighted by Crippen LogP contribution is 2.11. The minimum atomic E-state index is -0.341. The summed E-state index contributed by atoms with van der Waals surface area (Å²) in [5.41, 5.74) is 4.52. The second-order valence-electron chi connectivity index (χ2n) is 5.65. The van der Waals surface area contributed by atoms with Crippen LogP contribution >= 0.6 is 0 Å². The van der Waals surface area contributed by atoms with Crippen molar-refractivity contribution in [1.82, 2.24) is 15.7 Å². The summed E-state index contributed by atoms with van der Waals surface area (Å²) in [6.45, 7) is 2.22. The monoisotopic (exact) mass is 354 g/mol. The number of ether oxygens (including phenoxy) is 1. The minimum absolute atomic E-state index is 0.124. The molecule has 0 aliphatic carbocycles. The van der Waals surface area contributed by atoms with Crippen LogP contribution in [-0.2, 0) is 11.2 Å². The molecule has 0 fully saturated rings. The number of carbonyl (C=O) groups excluding carboxylic acids is 2. The molecule has 0 spiro atoms. The van der Waals surface area contributed by atoms with Crippen molar-refractivity contribution in [2.45, 2.75) is 19.8 Å². The molecule has 2 rings (SSSR count). The fraction of sp³-hybridized carbons (Fsp3) is 0.263. The molecule has 7 nitrogen and oxygen atoms in total. The Bertz CT molecular complexity index is 758. The molecule has 0 aliphatic heterocycles. The van der Waals surface area contributed by atoms with E-state index in [4.69, 9.17) is 4.74 Å². The van der Waals surface area contributed by atoms with Gasteiger partial charge in [-0.05, 0) is 43.2 Å². The highest BCUT2D eigenvalue weighted by Gasteiger charge is 2.06. The van der Waals surface area contributed by atoms with Gasteiger partial charge in [0.25, 0.3) is 5.91 Å². The van der Waals surface area contributed by atoms with Gasteiger partial charge in [0.05, 0.1) is 13.5 Å². The summed E-state index contributed by atoms with van der Waals surface area (Å²) >= 11 is 0. The quantitative estimate of drug-likeness (QED) is 0.560. The van der Waals surface area contributed by atoms with Crippen LogP contribution in [0.5, 0.6) is 5.75 Å². The first-order valence-electron chi connectivity index (χ1n) is 8.21. The number of aromatic nitrogens is 1. The second kappa shape index (κ2) is 9.93. The number of hydrogen-bond acceptors (Lipinski definition) is 5. The van der Waals surface area contributed by atoms with Crippen molar-refractivity contribution < 1.29 is 14.3 Å². The van der Waals surface area contributed by atoms with Gasteiger partial charge in [0, 0.05) is 30.2 Å². The zero-order valence-electron chi connectivity index (χ0n) is 14.9. The molecule has 1 aromatic carbocycles. The number of nitrogens with one attached hydrogen (secondary N) is 2. The number of methoxy groups -OCH3 is 1. The SMILES string of the molecule is COc1ccc(CCNC(=O)C/C(C)=N\NC(=O)c2ccncc2)cc1. The van der Waals surface area contributed by atoms with Gasteiger partial charge in [0.1, 0.15) is 5.75 Å². The van der Waals surface area contributed by atoms with E-state index in [1.165, 1.54) is 12.4 Å². The van der Waals surface area contributed by atoms with Gasteiger partial charge in [0.2, 0.25) is 5.91 Å². The first kappa shape index (κ1) is 19.1. The average molecular weight is 354 g/mol. The molecule has 2 aromatic rings. The Morgan fingerprint density at radius 2 is 1.81 bits per heavy atom. The molecule has 2 N–H and O–H groups in total. The lowest BCUT2D eigenvalue weighted by Crippen LogP contribution is -2.28. The molecule has 0 atom stereocenters. The number of benzene rings is 1. The average Bonchev–Trinajstić information content (AvgIpc) is 2.67. The fourth-order valence-corrected chi connectivity index (χ4v) is 2.19. The van der Waals surface area contributed by atoms with E-state index in [-0.39, 0.29) is 18.2 Å². The molecule has 26 heavy (non-hydrogen) atoms. The van der Waals surface area contributed by atoms with Crippen LogP contribution in [-0.4, -0.2) is 36.2 Å². The van der Waals surface area contributed by atoms with Crippen molar-refractivity contribution in [1.29, 1.82) is 0 Å². The zero-order valence-corrected chi connectivity index (χ0v) is 14.9. The van der Waals surface area contributed by atoms with E-state index in [1.54, 1.807) is 26.2 Å². The van der Waals surface area contributed by atoms with E-state index < -0.39 is 0 Å². The molecule has 1 heterocycles. The number of nitrogens with zero attached hydrogens (tertiary/aromatic N) is 2. The topological polar surface area (TPSA) is 92.7 Å². The van der Waals surface area contributed by atoms with Crippen molar-refractivity contribution in [3.05, 3.63) is 59.9 Å². The second-order valence-corrected chi connectivity index (χ2v) is 5.65. The standard InChI is InChI=1S/C19H22N4O3/c1-14(22-23-19(25)16-8-10-20-11-9-16)13-18(24)21-12-7-15-3-5-17(26-2)6-4-15/h3-6,8-11H,7,12-13H2,1-2H3,(H,21,24)(H,23,25)/b22-14-. The largest absolute Gasteiger partial charge is 0.497 e. The third kappa shape index (κ3) is 6.35. The number of carbonyl (C=O) groups is 2. The van der Waals surface area contributed by atoms with Crippen molar-refractivity contribution in [2.24, 2.45) is 5.10 Å². The Morgan fingerprint density at radius 1 is 1.12 bits per heavy atom. The lowest BCUT2D eigenvalue weighted by Gasteiger charge is -2.06. The molecule has 1 aromatic heterocycles. The normalized spacial score (nSPS) is 10.9. The summed E-state index contributed by atoms with van der Waals surface area (Å²) < 4.78 is 5.11. The van der Waals surface area contributed by atoms with Crippen molar-refractivity contribution in [3.8, 4) is 5.75 Å². The maximum Gasteiger partial charge on any atom is 0.271 e. The van der Waals surface area contributed by atoms with Crippen LogP contribution in [0.2, 0.25) is 0 Å². The predicted molar refractivity (Wildman–Crippen MR) is 99.1 cm³/mol. The molecule has 136 valence electrons. The highest BCUT2D eigenvalue weighted by atomic mass is 16.5. The Hall–Kier alpha value is -3.22. The maximum atomic E-state index is 11.9. The maximum absolute atomic E-state index is 11.9. The van der Waals surface area contributed by atoms with Gasteiger partial charge in [-0.3, -0.25) is 14.6 Å². The molecule has 0 aliphatic rings. The van der Waals surface area contributed by atoms with Crippen LogP contribution < -0.4 is 15.5 Å². The molecule has 0 radical (unpaired) electrons. The van der Waals surface area contributed by atoms with Crippen LogP contribution in [0, 0.1) is 0 Å². The molecule has 0 saturated heterocycles. The van der Waals surface area contributed by atoms with Crippen LogP contribution in [0.3, 0.4) is 0 Å². The van der Waals surface area contributed by atoms with Crippen LogP contribution in [0.4, 0.5) is 0 Å². The number of amides is 2. The molecule has 0 unspecified atom stereocenters. The summed E-state index contributed by atoms with van der Waals surface area (Å²) in [7, 11) is 1.62. The fourth-order valence-electron chi connectivity index (χ4n) is 2.19. The lowest BCUT2D eigenvalue weighted by molar-refractivity contribution is -0.119. The summed E-state index contributed by atoms with van der Waals surface area (Å²) in [6.07, 6.45) is 3.91. The summed E-state index contributed by atoms with van der Waals surface area (Å²) in [5.74, 6) is 0.322. The first-order valence-corrected chi connectivity index (χ1v) is 8.21. The third-order valence-electron chi connectivity index (χ3n) is 3.60. The molecular weight excluding hydrogens is 332 g/mol. The Kier molecular flexibility index (Phi) is 7.30. The van der Waals surface area contributed by atoms with Gasteiger partial charge in [0.15, 0.2) is 0 Å². The summed E-state index contributed by atoms with van der Waals surface area (Å²) in [4.78, 5) is 27.6. The van der Waals surface area contributed by atoms with Crippen LogP contribution in [0.1, 0.15) is 29.3 Å². The van der Waals surface area contributed by atoms with E-state index >= 15 is 0 Å². The van der Waals surface area contributed by atoms with E-state index in [2.05, 4.69) is 20.8 Å². The van der Waals surface area contributed by atoms with Crippen LogP contribution in [0.25, 0.3) is 0 Å². The summed E-state index contributed by atoms with van der Waals surface area (Å²) in [5, 5.41) is 6.79. The van der Waals surface area contributed by atoms with Crippen molar-refractivity contribution >= 4 is 17.5 Å². The Balaban J connectivity index is 1.71. The third-order valence-corrected chi connectivity index (χ3v) is 3.60. The Morgan fingerprint density at radius 3 is 2.46 bits per heavy atom. The molecule has 7 heteroatoms. The molecule has 0 saturated carbocycles. The van der Waals surface area contributed by atoms with Crippen LogP contribution in [0.15, 0.2) is 53.9 Å². The number of hydrogen-bond donors (Lipinski definition) is 2. The van der Waals surface area contributed by atoms with E-state index in [0.717, 1.165) is 17.7 Å². The van der Waals surface area contributed by atoms with E-state index in [1.807, 2.05) is 24.3 Å². The van der Waals surface area contributed by atoms with Gasteiger partial charge in [-0.2, -0.15) is 5.10 Å². The molecule has 2 amide bonds. The number of rotatable bonds is 8. The first-order chi connectivity index (χ1) is 12.6. The van der Waals surface area contributed by atoms with E-state index in [9.17, 15) is 9.59 Å². The summed E-state index contributed by atoms with van der Waals surface area (Å²) in [6, 6.07) is 10.9. The smallest absolute Gasteiger partial charge is 0.271 e. The predicted octanol–water partition coefficient (Wildman–Crippen LogP) is 1.94. The van der Waals surface area contributed by atoms with Gasteiger partial charge in [-0.15, -0.1) is 0 Å². The molecular formula is C19H22N4O3. The zero-order chi connectivity index (χ0) is 18.8.